The minimum absolute atomic E-state index is 0.0454. The summed E-state index contributed by atoms with van der Waals surface area (Å²) in [5.74, 6) is -2.12. The van der Waals surface area contributed by atoms with Crippen molar-refractivity contribution in [3.63, 3.8) is 0 Å². The number of aliphatic hydroxyl groups is 1. The fourth-order valence-corrected chi connectivity index (χ4v) is 1.96. The summed E-state index contributed by atoms with van der Waals surface area (Å²) in [6.07, 6.45) is 0.166. The number of carbonyl (C=O) groups is 1. The van der Waals surface area contributed by atoms with E-state index in [9.17, 15) is 13.6 Å². The van der Waals surface area contributed by atoms with Gasteiger partial charge in [0.25, 0.3) is 0 Å². The Morgan fingerprint density at radius 1 is 1.14 bits per heavy atom. The Bertz CT molecular complexity index is 644. The molecule has 2 N–H and O–H groups in total. The molecule has 0 saturated heterocycles. The van der Waals surface area contributed by atoms with Crippen LogP contribution in [0.2, 0.25) is 0 Å². The van der Waals surface area contributed by atoms with Crippen molar-refractivity contribution in [2.75, 3.05) is 5.32 Å². The highest BCUT2D eigenvalue weighted by Crippen LogP contribution is 2.15. The minimum atomic E-state index is -0.913. The summed E-state index contributed by atoms with van der Waals surface area (Å²) < 4.78 is 26.5. The van der Waals surface area contributed by atoms with Crippen molar-refractivity contribution in [2.45, 2.75) is 19.4 Å². The van der Waals surface area contributed by atoms with E-state index >= 15 is 0 Å². The third-order valence-electron chi connectivity index (χ3n) is 3.05. The van der Waals surface area contributed by atoms with E-state index in [1.807, 2.05) is 0 Å². The lowest BCUT2D eigenvalue weighted by Crippen LogP contribution is -2.13. The summed E-state index contributed by atoms with van der Waals surface area (Å²) in [6, 6.07) is 10.7. The smallest absolute Gasteiger partial charge is 0.224 e. The molecule has 0 spiro atoms. The van der Waals surface area contributed by atoms with Gasteiger partial charge in [0, 0.05) is 12.1 Å². The third-order valence-corrected chi connectivity index (χ3v) is 3.05. The van der Waals surface area contributed by atoms with Gasteiger partial charge in [-0.25, -0.2) is 8.78 Å². The molecule has 0 bridgehead atoms. The SMILES string of the molecule is O=C(CCc1cccc(F)c1F)Nc1cccc(CO)c1. The number of amides is 1. The van der Waals surface area contributed by atoms with E-state index in [0.29, 0.717) is 11.3 Å². The number of carbonyl (C=O) groups excluding carboxylic acids is 1. The van der Waals surface area contributed by atoms with Crippen LogP contribution in [0.25, 0.3) is 0 Å². The standard InChI is InChI=1S/C16H15F2NO2/c17-14-6-2-4-12(16(14)18)7-8-15(21)19-13-5-1-3-11(9-13)10-20/h1-6,9,20H,7-8,10H2,(H,19,21). The van der Waals surface area contributed by atoms with Gasteiger partial charge in [0.05, 0.1) is 6.61 Å². The average Bonchev–Trinajstić information content (AvgIpc) is 2.49. The molecule has 0 radical (unpaired) electrons. The first kappa shape index (κ1) is 15.1. The molecular weight excluding hydrogens is 276 g/mol. The van der Waals surface area contributed by atoms with Crippen LogP contribution in [-0.2, 0) is 17.8 Å². The molecule has 0 fully saturated rings. The second kappa shape index (κ2) is 6.95. The molecule has 3 nitrogen and oxygen atoms in total. The Morgan fingerprint density at radius 3 is 2.67 bits per heavy atom. The minimum Gasteiger partial charge on any atom is -0.392 e. The van der Waals surface area contributed by atoms with Gasteiger partial charge in [0.15, 0.2) is 11.6 Å². The Hall–Kier alpha value is -2.27. The van der Waals surface area contributed by atoms with Crippen molar-refractivity contribution in [1.29, 1.82) is 0 Å². The van der Waals surface area contributed by atoms with Gasteiger partial charge in [-0.3, -0.25) is 4.79 Å². The zero-order valence-electron chi connectivity index (χ0n) is 11.3. The average molecular weight is 291 g/mol. The van der Waals surface area contributed by atoms with Gasteiger partial charge in [0.2, 0.25) is 5.91 Å². The Morgan fingerprint density at radius 2 is 1.90 bits per heavy atom. The molecule has 2 rings (SSSR count). The fourth-order valence-electron chi connectivity index (χ4n) is 1.96. The predicted octanol–water partition coefficient (Wildman–Crippen LogP) is 3.03. The number of aliphatic hydroxyl groups excluding tert-OH is 1. The first-order chi connectivity index (χ1) is 10.1. The molecule has 0 aliphatic carbocycles. The molecule has 0 aliphatic heterocycles. The highest BCUT2D eigenvalue weighted by molar-refractivity contribution is 5.90. The topological polar surface area (TPSA) is 49.3 Å². The van der Waals surface area contributed by atoms with Crippen molar-refractivity contribution in [3.8, 4) is 0 Å². The van der Waals surface area contributed by atoms with Crippen LogP contribution in [0.4, 0.5) is 14.5 Å². The van der Waals surface area contributed by atoms with E-state index in [1.54, 1.807) is 24.3 Å². The third kappa shape index (κ3) is 4.10. The van der Waals surface area contributed by atoms with Gasteiger partial charge in [-0.15, -0.1) is 0 Å². The van der Waals surface area contributed by atoms with Crippen molar-refractivity contribution >= 4 is 11.6 Å². The summed E-state index contributed by atoms with van der Waals surface area (Å²) in [4.78, 5) is 11.8. The Kier molecular flexibility index (Phi) is 5.00. The van der Waals surface area contributed by atoms with Crippen LogP contribution < -0.4 is 5.32 Å². The zero-order valence-corrected chi connectivity index (χ0v) is 11.3. The van der Waals surface area contributed by atoms with Gasteiger partial charge < -0.3 is 10.4 Å². The zero-order chi connectivity index (χ0) is 15.2. The molecule has 0 unspecified atom stereocenters. The molecule has 110 valence electrons. The van der Waals surface area contributed by atoms with Crippen LogP contribution in [0.1, 0.15) is 17.5 Å². The summed E-state index contributed by atoms with van der Waals surface area (Å²) >= 11 is 0. The van der Waals surface area contributed by atoms with Crippen LogP contribution >= 0.6 is 0 Å². The number of benzene rings is 2. The molecule has 0 atom stereocenters. The summed E-state index contributed by atoms with van der Waals surface area (Å²) in [6.45, 7) is -0.113. The maximum Gasteiger partial charge on any atom is 0.224 e. The molecular formula is C16H15F2NO2. The predicted molar refractivity (Wildman–Crippen MR) is 75.7 cm³/mol. The van der Waals surface area contributed by atoms with Gasteiger partial charge in [0.1, 0.15) is 0 Å². The number of halogens is 2. The summed E-state index contributed by atoms with van der Waals surface area (Å²) in [7, 11) is 0. The molecule has 1 amide bonds. The van der Waals surface area contributed by atoms with Crippen molar-refractivity contribution in [2.24, 2.45) is 0 Å². The Labute approximate surface area is 121 Å². The fraction of sp³-hybridized carbons (Fsp3) is 0.188. The molecule has 21 heavy (non-hydrogen) atoms. The number of anilines is 1. The van der Waals surface area contributed by atoms with E-state index in [4.69, 9.17) is 5.11 Å². The molecule has 2 aromatic rings. The summed E-state index contributed by atoms with van der Waals surface area (Å²) in [5.41, 5.74) is 1.42. The number of hydrogen-bond donors (Lipinski definition) is 2. The van der Waals surface area contributed by atoms with E-state index in [1.165, 1.54) is 12.1 Å². The van der Waals surface area contributed by atoms with Gasteiger partial charge in [-0.1, -0.05) is 24.3 Å². The first-order valence-corrected chi connectivity index (χ1v) is 6.52. The van der Waals surface area contributed by atoms with Crippen LogP contribution in [-0.4, -0.2) is 11.0 Å². The second-order valence-electron chi connectivity index (χ2n) is 4.62. The van der Waals surface area contributed by atoms with Gasteiger partial charge >= 0.3 is 0 Å². The number of hydrogen-bond acceptors (Lipinski definition) is 2. The first-order valence-electron chi connectivity index (χ1n) is 6.52. The lowest BCUT2D eigenvalue weighted by molar-refractivity contribution is -0.116. The lowest BCUT2D eigenvalue weighted by atomic mass is 10.1. The van der Waals surface area contributed by atoms with E-state index in [-0.39, 0.29) is 30.9 Å². The number of rotatable bonds is 5. The lowest BCUT2D eigenvalue weighted by Gasteiger charge is -2.07. The van der Waals surface area contributed by atoms with Crippen molar-refractivity contribution in [3.05, 3.63) is 65.2 Å². The van der Waals surface area contributed by atoms with Crippen LogP contribution in [0.3, 0.4) is 0 Å². The quantitative estimate of drug-likeness (QED) is 0.889. The second-order valence-corrected chi connectivity index (χ2v) is 4.62. The highest BCUT2D eigenvalue weighted by Gasteiger charge is 2.10. The van der Waals surface area contributed by atoms with Crippen LogP contribution in [0, 0.1) is 11.6 Å². The van der Waals surface area contributed by atoms with Crippen molar-refractivity contribution in [1.82, 2.24) is 0 Å². The molecule has 5 heteroatoms. The van der Waals surface area contributed by atoms with E-state index < -0.39 is 11.6 Å². The van der Waals surface area contributed by atoms with Gasteiger partial charge in [-0.2, -0.15) is 0 Å². The largest absolute Gasteiger partial charge is 0.392 e. The van der Waals surface area contributed by atoms with E-state index in [0.717, 1.165) is 6.07 Å². The summed E-state index contributed by atoms with van der Waals surface area (Å²) in [5, 5.41) is 11.7. The molecule has 2 aromatic carbocycles. The Balaban J connectivity index is 1.94. The monoisotopic (exact) mass is 291 g/mol. The molecule has 0 heterocycles. The van der Waals surface area contributed by atoms with Gasteiger partial charge in [-0.05, 0) is 35.7 Å². The van der Waals surface area contributed by atoms with Crippen LogP contribution in [0.15, 0.2) is 42.5 Å². The number of aryl methyl sites for hydroxylation is 1. The maximum atomic E-state index is 13.4. The molecule has 0 aliphatic rings. The van der Waals surface area contributed by atoms with Crippen LogP contribution in [0.5, 0.6) is 0 Å². The van der Waals surface area contributed by atoms with Crippen molar-refractivity contribution < 1.29 is 18.7 Å². The number of nitrogens with one attached hydrogen (secondary N) is 1. The highest BCUT2D eigenvalue weighted by atomic mass is 19.2. The normalized spacial score (nSPS) is 10.4. The molecule has 0 aromatic heterocycles. The van der Waals surface area contributed by atoms with E-state index in [2.05, 4.69) is 5.32 Å². The molecule has 0 saturated carbocycles. The maximum absolute atomic E-state index is 13.4.